The van der Waals surface area contributed by atoms with E-state index in [4.69, 9.17) is 18.9 Å². The van der Waals surface area contributed by atoms with Crippen molar-refractivity contribution >= 4 is 44.3 Å². The van der Waals surface area contributed by atoms with Gasteiger partial charge in [-0.25, -0.2) is 14.8 Å². The topological polar surface area (TPSA) is 95.0 Å². The average molecular weight is 531 g/mol. The van der Waals surface area contributed by atoms with Crippen LogP contribution < -0.4 is 14.8 Å². The molecule has 0 unspecified atom stereocenters. The van der Waals surface area contributed by atoms with Crippen molar-refractivity contribution in [2.45, 2.75) is 6.92 Å². The molecule has 2 heterocycles. The summed E-state index contributed by atoms with van der Waals surface area (Å²) in [7, 11) is 0. The number of carbonyl (C=O) groups is 1. The molecule has 0 aliphatic carbocycles. The molecule has 0 bridgehead atoms. The Morgan fingerprint density at radius 1 is 1.15 bits per heavy atom. The van der Waals surface area contributed by atoms with Gasteiger partial charge in [-0.2, -0.15) is 0 Å². The van der Waals surface area contributed by atoms with Crippen LogP contribution in [0.5, 0.6) is 11.5 Å². The van der Waals surface area contributed by atoms with Gasteiger partial charge in [-0.15, -0.1) is 0 Å². The van der Waals surface area contributed by atoms with Gasteiger partial charge in [0.1, 0.15) is 18.8 Å². The van der Waals surface area contributed by atoms with Crippen molar-refractivity contribution in [2.75, 3.05) is 58.0 Å². The van der Waals surface area contributed by atoms with Crippen LogP contribution in [0.2, 0.25) is 0 Å². The van der Waals surface area contributed by atoms with E-state index in [1.165, 1.54) is 6.33 Å². The zero-order valence-electron chi connectivity index (χ0n) is 19.0. The van der Waals surface area contributed by atoms with E-state index in [1.807, 2.05) is 30.3 Å². The van der Waals surface area contributed by atoms with E-state index in [0.717, 1.165) is 48.4 Å². The van der Waals surface area contributed by atoms with Crippen LogP contribution >= 0.6 is 15.9 Å². The van der Waals surface area contributed by atoms with E-state index < -0.39 is 5.97 Å². The van der Waals surface area contributed by atoms with Crippen LogP contribution in [0.15, 0.2) is 47.2 Å². The molecule has 34 heavy (non-hydrogen) atoms. The van der Waals surface area contributed by atoms with Gasteiger partial charge >= 0.3 is 5.97 Å². The number of nitrogens with one attached hydrogen (secondary N) is 1. The average Bonchev–Trinajstić information content (AvgIpc) is 2.84. The molecular formula is C24H27BrN4O5. The van der Waals surface area contributed by atoms with Crippen LogP contribution in [0, 0.1) is 0 Å². The predicted octanol–water partition coefficient (Wildman–Crippen LogP) is 3.79. The summed E-state index contributed by atoms with van der Waals surface area (Å²) in [6, 6.07) is 11.4. The lowest BCUT2D eigenvalue weighted by molar-refractivity contribution is -0.145. The first-order chi connectivity index (χ1) is 16.6. The third-order valence-electron chi connectivity index (χ3n) is 5.21. The van der Waals surface area contributed by atoms with Crippen molar-refractivity contribution < 1.29 is 23.7 Å². The molecule has 1 saturated heterocycles. The summed E-state index contributed by atoms with van der Waals surface area (Å²) >= 11 is 3.49. The fourth-order valence-electron chi connectivity index (χ4n) is 3.54. The van der Waals surface area contributed by atoms with Crippen LogP contribution in [0.1, 0.15) is 6.92 Å². The molecule has 4 rings (SSSR count). The van der Waals surface area contributed by atoms with E-state index in [0.29, 0.717) is 36.0 Å². The molecule has 0 spiro atoms. The Morgan fingerprint density at radius 2 is 1.97 bits per heavy atom. The lowest BCUT2D eigenvalue weighted by atomic mass is 10.2. The van der Waals surface area contributed by atoms with E-state index in [9.17, 15) is 4.79 Å². The molecular weight excluding hydrogens is 504 g/mol. The molecule has 10 heteroatoms. The molecule has 180 valence electrons. The molecule has 1 aliphatic rings. The van der Waals surface area contributed by atoms with E-state index in [1.54, 1.807) is 13.0 Å². The van der Waals surface area contributed by atoms with Crippen LogP contribution in [-0.4, -0.2) is 73.5 Å². The third-order valence-corrected chi connectivity index (χ3v) is 5.70. The molecule has 1 aliphatic heterocycles. The van der Waals surface area contributed by atoms with Gasteiger partial charge < -0.3 is 24.3 Å². The number of ether oxygens (including phenoxy) is 4. The highest BCUT2D eigenvalue weighted by Crippen LogP contribution is 2.35. The Morgan fingerprint density at radius 3 is 2.76 bits per heavy atom. The number of hydrogen-bond acceptors (Lipinski definition) is 9. The van der Waals surface area contributed by atoms with Crippen molar-refractivity contribution in [3.8, 4) is 11.5 Å². The first-order valence-corrected chi connectivity index (χ1v) is 11.9. The van der Waals surface area contributed by atoms with Gasteiger partial charge in [-0.1, -0.05) is 22.0 Å². The van der Waals surface area contributed by atoms with E-state index in [2.05, 4.69) is 36.1 Å². The second kappa shape index (κ2) is 12.0. The first kappa shape index (κ1) is 24.2. The number of rotatable bonds is 10. The monoisotopic (exact) mass is 530 g/mol. The number of carbonyl (C=O) groups excluding carboxylic acids is 1. The maximum atomic E-state index is 11.9. The van der Waals surface area contributed by atoms with Crippen molar-refractivity contribution in [1.82, 2.24) is 14.9 Å². The summed E-state index contributed by atoms with van der Waals surface area (Å²) in [5.41, 5.74) is 1.54. The van der Waals surface area contributed by atoms with Crippen LogP contribution in [0.4, 0.5) is 11.5 Å². The summed E-state index contributed by atoms with van der Waals surface area (Å²) in [6.45, 7) is 6.26. The number of morpholine rings is 1. The Labute approximate surface area is 206 Å². The molecule has 3 aromatic rings. The van der Waals surface area contributed by atoms with Gasteiger partial charge in [0.05, 0.1) is 25.3 Å². The predicted molar refractivity (Wildman–Crippen MR) is 132 cm³/mol. The molecule has 1 fully saturated rings. The minimum atomic E-state index is -0.443. The fraction of sp³-hybridized carbons (Fsp3) is 0.375. The molecule has 0 atom stereocenters. The van der Waals surface area contributed by atoms with Gasteiger partial charge in [-0.05, 0) is 31.2 Å². The van der Waals surface area contributed by atoms with E-state index >= 15 is 0 Å². The van der Waals surface area contributed by atoms with Gasteiger partial charge in [-0.3, -0.25) is 4.90 Å². The lowest BCUT2D eigenvalue weighted by Crippen LogP contribution is -2.38. The number of fused-ring (bicyclic) bond motifs is 1. The molecule has 0 amide bonds. The fourth-order valence-corrected chi connectivity index (χ4v) is 3.94. The Bertz CT molecular complexity index is 1120. The summed E-state index contributed by atoms with van der Waals surface area (Å²) in [4.78, 5) is 22.9. The summed E-state index contributed by atoms with van der Waals surface area (Å²) < 4.78 is 23.2. The number of anilines is 2. The highest BCUT2D eigenvalue weighted by atomic mass is 79.9. The van der Waals surface area contributed by atoms with Crippen molar-refractivity contribution in [2.24, 2.45) is 0 Å². The molecule has 1 aromatic heterocycles. The zero-order chi connectivity index (χ0) is 23.8. The lowest BCUT2D eigenvalue weighted by Gasteiger charge is -2.26. The molecule has 2 aromatic carbocycles. The third kappa shape index (κ3) is 6.55. The number of halogens is 1. The van der Waals surface area contributed by atoms with Gasteiger partial charge in [0.15, 0.2) is 18.1 Å². The van der Waals surface area contributed by atoms with Crippen molar-refractivity contribution in [3.05, 3.63) is 47.2 Å². The maximum absolute atomic E-state index is 11.9. The van der Waals surface area contributed by atoms with Crippen molar-refractivity contribution in [1.29, 1.82) is 0 Å². The highest BCUT2D eigenvalue weighted by molar-refractivity contribution is 9.10. The smallest absolute Gasteiger partial charge is 0.344 e. The highest BCUT2D eigenvalue weighted by Gasteiger charge is 2.16. The summed E-state index contributed by atoms with van der Waals surface area (Å²) in [5, 5.41) is 4.11. The van der Waals surface area contributed by atoms with Gasteiger partial charge in [0, 0.05) is 41.2 Å². The first-order valence-electron chi connectivity index (χ1n) is 11.1. The summed E-state index contributed by atoms with van der Waals surface area (Å²) in [6.07, 6.45) is 1.48. The van der Waals surface area contributed by atoms with Gasteiger partial charge in [0.25, 0.3) is 0 Å². The van der Waals surface area contributed by atoms with Crippen LogP contribution in [0.3, 0.4) is 0 Å². The number of esters is 1. The largest absolute Gasteiger partial charge is 0.488 e. The number of hydrogen-bond donors (Lipinski definition) is 1. The quantitative estimate of drug-likeness (QED) is 0.392. The number of benzene rings is 2. The van der Waals surface area contributed by atoms with E-state index in [-0.39, 0.29) is 6.61 Å². The minimum absolute atomic E-state index is 0.215. The van der Waals surface area contributed by atoms with Crippen LogP contribution in [-0.2, 0) is 14.3 Å². The van der Waals surface area contributed by atoms with Crippen molar-refractivity contribution in [3.63, 3.8) is 0 Å². The van der Waals surface area contributed by atoms with Gasteiger partial charge in [0.2, 0.25) is 0 Å². The SMILES string of the molecule is CCOC(=O)COc1cc2ncnc(Nc3cccc(Br)c3)c2cc1OCCN1CCOCC1. The van der Waals surface area contributed by atoms with Crippen LogP contribution in [0.25, 0.3) is 10.9 Å². The maximum Gasteiger partial charge on any atom is 0.344 e. The number of aromatic nitrogens is 2. The standard InChI is InChI=1S/C24H27BrN4O5/c1-2-32-23(30)15-34-22-14-20-19(13-21(22)33-11-8-29-6-9-31-10-7-29)24(27-16-26-20)28-18-5-3-4-17(25)12-18/h3-5,12-14,16H,2,6-11,15H2,1H3,(H,26,27,28). The Balaban J connectivity index is 1.58. The molecule has 9 nitrogen and oxygen atoms in total. The minimum Gasteiger partial charge on any atom is -0.488 e. The Kier molecular flexibility index (Phi) is 8.51. The zero-order valence-corrected chi connectivity index (χ0v) is 20.5. The number of nitrogens with zero attached hydrogens (tertiary/aromatic N) is 3. The molecule has 0 saturated carbocycles. The second-order valence-corrected chi connectivity index (χ2v) is 8.49. The second-order valence-electron chi connectivity index (χ2n) is 7.57. The normalized spacial score (nSPS) is 14.1. The Hall–Kier alpha value is -2.95. The summed E-state index contributed by atoms with van der Waals surface area (Å²) in [5.74, 6) is 1.13. The molecule has 0 radical (unpaired) electrons. The molecule has 1 N–H and O–H groups in total.